The summed E-state index contributed by atoms with van der Waals surface area (Å²) in [6.07, 6.45) is 2.67. The van der Waals surface area contributed by atoms with E-state index >= 15 is 0 Å². The minimum atomic E-state index is -1.63. The Balaban J connectivity index is 2.61. The normalized spacial score (nSPS) is 30.6. The largest absolute Gasteiger partial charge is 0.469 e. The molecule has 124 valence electrons. The molecular formula is C16H19NO6. The highest BCUT2D eigenvalue weighted by atomic mass is 16.5. The highest BCUT2D eigenvalue weighted by Crippen LogP contribution is 2.46. The fourth-order valence-electron chi connectivity index (χ4n) is 3.24. The molecule has 1 aliphatic carbocycles. The maximum Gasteiger partial charge on any atom is 0.316 e. The molecule has 0 amide bonds. The number of esters is 2. The molecule has 7 heteroatoms. The Kier molecular flexibility index (Phi) is 4.79. The zero-order valence-electron chi connectivity index (χ0n) is 13.2. The van der Waals surface area contributed by atoms with Crippen LogP contribution in [0.3, 0.4) is 0 Å². The Morgan fingerprint density at radius 2 is 1.96 bits per heavy atom. The van der Waals surface area contributed by atoms with Crippen molar-refractivity contribution < 1.29 is 29.0 Å². The van der Waals surface area contributed by atoms with Crippen molar-refractivity contribution in [2.24, 2.45) is 11.8 Å². The molecule has 4 atom stereocenters. The second-order valence-electron chi connectivity index (χ2n) is 5.81. The van der Waals surface area contributed by atoms with Crippen molar-refractivity contribution in [3.05, 3.63) is 30.1 Å². The zero-order valence-corrected chi connectivity index (χ0v) is 13.2. The van der Waals surface area contributed by atoms with Gasteiger partial charge in [-0.1, -0.05) is 6.07 Å². The zero-order chi connectivity index (χ0) is 17.2. The van der Waals surface area contributed by atoms with Crippen LogP contribution >= 0.6 is 0 Å². The monoisotopic (exact) mass is 321 g/mol. The lowest BCUT2D eigenvalue weighted by Crippen LogP contribution is -2.55. The van der Waals surface area contributed by atoms with Gasteiger partial charge in [0.25, 0.3) is 0 Å². The van der Waals surface area contributed by atoms with Crippen LogP contribution in [0.4, 0.5) is 0 Å². The first kappa shape index (κ1) is 17.1. The van der Waals surface area contributed by atoms with Gasteiger partial charge in [-0.2, -0.15) is 0 Å². The number of hydrogen-bond donors (Lipinski definition) is 1. The summed E-state index contributed by atoms with van der Waals surface area (Å²) in [4.78, 5) is 40.8. The van der Waals surface area contributed by atoms with Crippen LogP contribution in [0.1, 0.15) is 24.8 Å². The molecule has 1 fully saturated rings. The number of pyridine rings is 1. The fraction of sp³-hybridized carbons (Fsp3) is 0.500. The van der Waals surface area contributed by atoms with Gasteiger partial charge >= 0.3 is 11.9 Å². The lowest BCUT2D eigenvalue weighted by atomic mass is 9.62. The summed E-state index contributed by atoms with van der Waals surface area (Å²) in [6, 6.07) is 3.28. The Labute approximate surface area is 133 Å². The number of carbonyl (C=O) groups excluding carboxylic acids is 3. The molecular weight excluding hydrogens is 302 g/mol. The predicted molar refractivity (Wildman–Crippen MR) is 78.2 cm³/mol. The fourth-order valence-corrected chi connectivity index (χ4v) is 3.24. The highest BCUT2D eigenvalue weighted by molar-refractivity contribution is 6.02. The van der Waals surface area contributed by atoms with Gasteiger partial charge in [0.1, 0.15) is 5.92 Å². The van der Waals surface area contributed by atoms with Crippen molar-refractivity contribution in [2.45, 2.75) is 24.9 Å². The maximum absolute atomic E-state index is 12.4. The number of rotatable bonds is 3. The number of aromatic nitrogens is 1. The van der Waals surface area contributed by atoms with Gasteiger partial charge in [-0.05, 0) is 18.6 Å². The van der Waals surface area contributed by atoms with Crippen molar-refractivity contribution in [1.29, 1.82) is 0 Å². The van der Waals surface area contributed by atoms with Crippen LogP contribution in [0.15, 0.2) is 24.5 Å². The van der Waals surface area contributed by atoms with E-state index in [9.17, 15) is 19.5 Å². The van der Waals surface area contributed by atoms with Crippen LogP contribution in [-0.2, 0) is 23.9 Å². The van der Waals surface area contributed by atoms with Gasteiger partial charge < -0.3 is 14.6 Å². The van der Waals surface area contributed by atoms with E-state index in [1.165, 1.54) is 33.5 Å². The summed E-state index contributed by atoms with van der Waals surface area (Å²) in [5.74, 6) is -5.08. The van der Waals surface area contributed by atoms with Gasteiger partial charge in [-0.15, -0.1) is 0 Å². The van der Waals surface area contributed by atoms with Crippen LogP contribution in [-0.4, -0.2) is 47.6 Å². The third-order valence-corrected chi connectivity index (χ3v) is 4.25. The molecule has 0 aromatic carbocycles. The summed E-state index contributed by atoms with van der Waals surface area (Å²) >= 11 is 0. The third-order valence-electron chi connectivity index (χ3n) is 4.25. The van der Waals surface area contributed by atoms with Crippen LogP contribution in [0.25, 0.3) is 0 Å². The molecule has 7 nitrogen and oxygen atoms in total. The van der Waals surface area contributed by atoms with Crippen molar-refractivity contribution >= 4 is 17.7 Å². The molecule has 0 unspecified atom stereocenters. The molecule has 0 saturated heterocycles. The molecule has 1 aromatic heterocycles. The molecule has 23 heavy (non-hydrogen) atoms. The number of nitrogens with zero attached hydrogens (tertiary/aromatic N) is 1. The summed E-state index contributed by atoms with van der Waals surface area (Å²) in [5, 5.41) is 10.6. The molecule has 1 N–H and O–H groups in total. The van der Waals surface area contributed by atoms with Gasteiger partial charge in [0, 0.05) is 24.7 Å². The summed E-state index contributed by atoms with van der Waals surface area (Å²) in [7, 11) is 2.37. The second kappa shape index (κ2) is 6.45. The summed E-state index contributed by atoms with van der Waals surface area (Å²) in [5.41, 5.74) is -1.14. The molecule has 0 spiro atoms. The quantitative estimate of drug-likeness (QED) is 0.637. The van der Waals surface area contributed by atoms with E-state index in [1.807, 2.05) is 0 Å². The SMILES string of the molecule is COC(=O)[C@H]1C(=O)C[C@](C)(O)[C@H](C(=O)OC)[C@@H]1c1cccnc1. The topological polar surface area (TPSA) is 103 Å². The van der Waals surface area contributed by atoms with E-state index < -0.39 is 41.1 Å². The van der Waals surface area contributed by atoms with Crippen LogP contribution in [0, 0.1) is 11.8 Å². The molecule has 1 heterocycles. The first-order valence-corrected chi connectivity index (χ1v) is 7.14. The Morgan fingerprint density at radius 1 is 1.30 bits per heavy atom. The highest BCUT2D eigenvalue weighted by Gasteiger charge is 2.56. The minimum absolute atomic E-state index is 0.330. The predicted octanol–water partition coefficient (Wildman–Crippen LogP) is 0.467. The molecule has 0 bridgehead atoms. The average molecular weight is 321 g/mol. The van der Waals surface area contributed by atoms with Crippen molar-refractivity contribution in [3.8, 4) is 0 Å². The number of methoxy groups -OCH3 is 2. The second-order valence-corrected chi connectivity index (χ2v) is 5.81. The maximum atomic E-state index is 12.4. The van der Waals surface area contributed by atoms with Crippen LogP contribution in [0.2, 0.25) is 0 Å². The van der Waals surface area contributed by atoms with Crippen molar-refractivity contribution in [3.63, 3.8) is 0 Å². The smallest absolute Gasteiger partial charge is 0.316 e. The van der Waals surface area contributed by atoms with Crippen molar-refractivity contribution in [2.75, 3.05) is 14.2 Å². The summed E-state index contributed by atoms with van der Waals surface area (Å²) in [6.45, 7) is 1.39. The number of aliphatic hydroxyl groups is 1. The van der Waals surface area contributed by atoms with Gasteiger partial charge in [-0.25, -0.2) is 0 Å². The van der Waals surface area contributed by atoms with E-state index in [0.29, 0.717) is 5.56 Å². The first-order valence-electron chi connectivity index (χ1n) is 7.14. The van der Waals surface area contributed by atoms with Gasteiger partial charge in [0.2, 0.25) is 0 Å². The Hall–Kier alpha value is -2.28. The number of Topliss-reactive ketones (excluding diaryl/α,β-unsaturated/α-hetero) is 1. The number of hydrogen-bond acceptors (Lipinski definition) is 7. The lowest BCUT2D eigenvalue weighted by Gasteiger charge is -2.43. The number of ether oxygens (including phenoxy) is 2. The van der Waals surface area contributed by atoms with Crippen LogP contribution in [0.5, 0.6) is 0 Å². The number of carbonyl (C=O) groups is 3. The van der Waals surface area contributed by atoms with Gasteiger partial charge in [0.15, 0.2) is 5.78 Å². The van der Waals surface area contributed by atoms with Crippen LogP contribution < -0.4 is 0 Å². The first-order chi connectivity index (χ1) is 10.8. The van der Waals surface area contributed by atoms with E-state index in [4.69, 9.17) is 9.47 Å². The van der Waals surface area contributed by atoms with E-state index in [-0.39, 0.29) is 6.42 Å². The molecule has 0 radical (unpaired) electrons. The third kappa shape index (κ3) is 3.10. The minimum Gasteiger partial charge on any atom is -0.469 e. The Morgan fingerprint density at radius 3 is 2.48 bits per heavy atom. The van der Waals surface area contributed by atoms with E-state index in [0.717, 1.165) is 0 Å². The standard InChI is InChI=1S/C16H19NO6/c1-16(21)7-10(18)12(14(19)22-2)11(13(16)15(20)23-3)9-5-4-6-17-8-9/h4-6,8,11-13,21H,7H2,1-3H3/t11-,12+,13+,16+/m1/s1. The van der Waals surface area contributed by atoms with Gasteiger partial charge in [-0.3, -0.25) is 19.4 Å². The Bertz CT molecular complexity index is 612. The van der Waals surface area contributed by atoms with Gasteiger partial charge in [0.05, 0.1) is 25.7 Å². The molecule has 1 saturated carbocycles. The lowest BCUT2D eigenvalue weighted by molar-refractivity contribution is -0.170. The average Bonchev–Trinajstić information content (AvgIpc) is 2.52. The van der Waals surface area contributed by atoms with E-state index in [2.05, 4.69) is 4.98 Å². The molecule has 0 aliphatic heterocycles. The molecule has 1 aliphatic rings. The van der Waals surface area contributed by atoms with Crippen molar-refractivity contribution in [1.82, 2.24) is 4.98 Å². The molecule has 2 rings (SSSR count). The summed E-state index contributed by atoms with van der Waals surface area (Å²) < 4.78 is 9.52. The molecule has 1 aromatic rings. The number of ketones is 1. The van der Waals surface area contributed by atoms with E-state index in [1.54, 1.807) is 12.1 Å².